The lowest BCUT2D eigenvalue weighted by Gasteiger charge is -2.13. The Morgan fingerprint density at radius 2 is 1.96 bits per heavy atom. The third kappa shape index (κ3) is 3.29. The molecule has 0 spiro atoms. The minimum Gasteiger partial charge on any atom is -0.463 e. The average Bonchev–Trinajstić information content (AvgIpc) is 3.05. The van der Waals surface area contributed by atoms with Gasteiger partial charge in [-0.1, -0.05) is 13.8 Å². The molecule has 1 aromatic carbocycles. The Hall–Kier alpha value is -2.33. The van der Waals surface area contributed by atoms with Crippen LogP contribution < -0.4 is 10.9 Å². The van der Waals surface area contributed by atoms with Crippen LogP contribution in [0.2, 0.25) is 0 Å². The zero-order chi connectivity index (χ0) is 17.3. The first kappa shape index (κ1) is 16.5. The summed E-state index contributed by atoms with van der Waals surface area (Å²) in [5, 5.41) is 3.19. The summed E-state index contributed by atoms with van der Waals surface area (Å²) >= 11 is 0. The Balaban J connectivity index is 1.97. The molecule has 2 aromatic heterocycles. The van der Waals surface area contributed by atoms with Gasteiger partial charge in [0.2, 0.25) is 0 Å². The maximum Gasteiger partial charge on any atom is 0.336 e. The molecule has 4 nitrogen and oxygen atoms in total. The Labute approximate surface area is 141 Å². The van der Waals surface area contributed by atoms with Gasteiger partial charge in [0, 0.05) is 17.0 Å². The number of furan rings is 1. The van der Waals surface area contributed by atoms with Crippen LogP contribution in [0.5, 0.6) is 0 Å². The van der Waals surface area contributed by atoms with E-state index in [1.54, 1.807) is 12.3 Å². The third-order valence-corrected chi connectivity index (χ3v) is 4.52. The zero-order valence-corrected chi connectivity index (χ0v) is 14.6. The van der Waals surface area contributed by atoms with E-state index in [2.05, 4.69) is 39.1 Å². The Kier molecular flexibility index (Phi) is 4.58. The second-order valence-electron chi connectivity index (χ2n) is 6.69. The molecule has 3 rings (SSSR count). The normalized spacial score (nSPS) is 12.9. The van der Waals surface area contributed by atoms with Gasteiger partial charge in [-0.15, -0.1) is 0 Å². The van der Waals surface area contributed by atoms with Crippen molar-refractivity contribution in [1.29, 1.82) is 0 Å². The van der Waals surface area contributed by atoms with E-state index in [0.29, 0.717) is 18.0 Å². The summed E-state index contributed by atoms with van der Waals surface area (Å²) in [4.78, 5) is 11.9. The van der Waals surface area contributed by atoms with Crippen molar-refractivity contribution in [2.24, 2.45) is 0 Å². The lowest BCUT2D eigenvalue weighted by molar-refractivity contribution is -0.709. The molecular formula is C20H24NO3+. The van der Waals surface area contributed by atoms with Crippen LogP contribution in [0.3, 0.4) is 0 Å². The molecular weight excluding hydrogens is 302 g/mol. The number of benzene rings is 1. The molecule has 0 saturated carbocycles. The number of aryl methyl sites for hydroxylation is 1. The molecule has 0 unspecified atom stereocenters. The molecule has 1 atom stereocenters. The lowest BCUT2D eigenvalue weighted by atomic mass is 9.95. The van der Waals surface area contributed by atoms with Crippen LogP contribution in [-0.4, -0.2) is 0 Å². The Morgan fingerprint density at radius 1 is 1.17 bits per heavy atom. The summed E-state index contributed by atoms with van der Waals surface area (Å²) in [5.41, 5.74) is 3.82. The highest BCUT2D eigenvalue weighted by Gasteiger charge is 2.15. The number of rotatable bonds is 5. The summed E-state index contributed by atoms with van der Waals surface area (Å²) in [7, 11) is 0. The Morgan fingerprint density at radius 3 is 2.62 bits per heavy atom. The zero-order valence-electron chi connectivity index (χ0n) is 14.6. The number of hydrogen-bond donors (Lipinski definition) is 1. The molecule has 2 heterocycles. The summed E-state index contributed by atoms with van der Waals surface area (Å²) in [6.07, 6.45) is 1.68. The van der Waals surface area contributed by atoms with Gasteiger partial charge in [0.05, 0.1) is 6.26 Å². The SMILES string of the molecule is Cc1cc2oc(=O)cc(C[NH2+][C@@H](C)c3ccco3)c2cc1C(C)C. The van der Waals surface area contributed by atoms with Crippen molar-refractivity contribution in [3.63, 3.8) is 0 Å². The molecule has 2 N–H and O–H groups in total. The van der Waals surface area contributed by atoms with Gasteiger partial charge in [-0.2, -0.15) is 0 Å². The van der Waals surface area contributed by atoms with Gasteiger partial charge in [0.25, 0.3) is 0 Å². The van der Waals surface area contributed by atoms with Crippen LogP contribution in [0.25, 0.3) is 11.0 Å². The molecule has 3 aromatic rings. The molecule has 0 radical (unpaired) electrons. The van der Waals surface area contributed by atoms with E-state index < -0.39 is 0 Å². The first-order valence-corrected chi connectivity index (χ1v) is 8.39. The number of hydrogen-bond acceptors (Lipinski definition) is 3. The van der Waals surface area contributed by atoms with E-state index in [-0.39, 0.29) is 11.7 Å². The van der Waals surface area contributed by atoms with Gasteiger partial charge in [-0.05, 0) is 55.2 Å². The first-order valence-electron chi connectivity index (χ1n) is 8.39. The highest BCUT2D eigenvalue weighted by atomic mass is 16.4. The molecule has 0 fully saturated rings. The van der Waals surface area contributed by atoms with Gasteiger partial charge in [-0.3, -0.25) is 0 Å². The smallest absolute Gasteiger partial charge is 0.336 e. The van der Waals surface area contributed by atoms with Crippen molar-refractivity contribution in [3.8, 4) is 0 Å². The molecule has 24 heavy (non-hydrogen) atoms. The summed E-state index contributed by atoms with van der Waals surface area (Å²) in [6, 6.07) is 9.80. The summed E-state index contributed by atoms with van der Waals surface area (Å²) < 4.78 is 10.9. The van der Waals surface area contributed by atoms with Crippen LogP contribution in [-0.2, 0) is 6.54 Å². The van der Waals surface area contributed by atoms with E-state index in [4.69, 9.17) is 8.83 Å². The summed E-state index contributed by atoms with van der Waals surface area (Å²) in [5.74, 6) is 1.36. The fraction of sp³-hybridized carbons (Fsp3) is 0.350. The molecule has 0 saturated heterocycles. The molecule has 0 amide bonds. The standard InChI is InChI=1S/C20H23NO3/c1-12(2)16-10-17-15(9-20(22)24-19(17)8-13(16)3)11-21-14(4)18-6-5-7-23-18/h5-10,12,14,21H,11H2,1-4H3/p+1/t14-/m0/s1. The predicted molar refractivity (Wildman–Crippen MR) is 94.1 cm³/mol. The topological polar surface area (TPSA) is 60.0 Å². The third-order valence-electron chi connectivity index (χ3n) is 4.52. The van der Waals surface area contributed by atoms with Gasteiger partial charge < -0.3 is 14.2 Å². The molecule has 126 valence electrons. The van der Waals surface area contributed by atoms with E-state index >= 15 is 0 Å². The summed E-state index contributed by atoms with van der Waals surface area (Å²) in [6.45, 7) is 9.21. The van der Waals surface area contributed by atoms with Gasteiger partial charge in [0.15, 0.2) is 5.76 Å². The van der Waals surface area contributed by atoms with Gasteiger partial charge in [-0.25, -0.2) is 4.79 Å². The number of nitrogens with two attached hydrogens (primary N) is 1. The van der Waals surface area contributed by atoms with E-state index in [0.717, 1.165) is 22.3 Å². The van der Waals surface area contributed by atoms with Crippen LogP contribution in [0.4, 0.5) is 0 Å². The second-order valence-corrected chi connectivity index (χ2v) is 6.69. The largest absolute Gasteiger partial charge is 0.463 e. The van der Waals surface area contributed by atoms with Crippen molar-refractivity contribution >= 4 is 11.0 Å². The molecule has 0 bridgehead atoms. The van der Waals surface area contributed by atoms with Gasteiger partial charge >= 0.3 is 5.63 Å². The Bertz CT molecular complexity index is 891. The van der Waals surface area contributed by atoms with Crippen LogP contribution in [0.15, 0.2) is 50.2 Å². The highest BCUT2D eigenvalue weighted by Crippen LogP contribution is 2.26. The van der Waals surface area contributed by atoms with Crippen LogP contribution in [0.1, 0.15) is 55.2 Å². The number of fused-ring (bicyclic) bond motifs is 1. The van der Waals surface area contributed by atoms with Gasteiger partial charge in [0.1, 0.15) is 18.2 Å². The van der Waals surface area contributed by atoms with E-state index in [9.17, 15) is 4.79 Å². The van der Waals surface area contributed by atoms with Crippen molar-refractivity contribution in [2.75, 3.05) is 0 Å². The fourth-order valence-corrected chi connectivity index (χ4v) is 3.15. The average molecular weight is 326 g/mol. The van der Waals surface area contributed by atoms with Crippen molar-refractivity contribution in [3.05, 3.63) is 69.5 Å². The van der Waals surface area contributed by atoms with Crippen molar-refractivity contribution < 1.29 is 14.2 Å². The highest BCUT2D eigenvalue weighted by molar-refractivity contribution is 5.82. The molecule has 4 heteroatoms. The quantitative estimate of drug-likeness (QED) is 0.728. The fourth-order valence-electron chi connectivity index (χ4n) is 3.15. The predicted octanol–water partition coefficient (Wildman–Crippen LogP) is 3.64. The monoisotopic (exact) mass is 326 g/mol. The second kappa shape index (κ2) is 6.65. The molecule has 0 aliphatic heterocycles. The maximum absolute atomic E-state index is 11.9. The minimum atomic E-state index is -0.298. The minimum absolute atomic E-state index is 0.192. The van der Waals surface area contributed by atoms with E-state index in [1.807, 2.05) is 18.2 Å². The first-order chi connectivity index (χ1) is 11.5. The van der Waals surface area contributed by atoms with Crippen LogP contribution in [0, 0.1) is 6.92 Å². The van der Waals surface area contributed by atoms with Crippen LogP contribution >= 0.6 is 0 Å². The van der Waals surface area contributed by atoms with E-state index in [1.165, 1.54) is 5.56 Å². The maximum atomic E-state index is 11.9. The number of quaternary nitrogens is 1. The van der Waals surface area contributed by atoms with Crippen molar-refractivity contribution in [1.82, 2.24) is 0 Å². The molecule has 0 aliphatic rings. The molecule has 0 aliphatic carbocycles. The van der Waals surface area contributed by atoms with Crippen molar-refractivity contribution in [2.45, 2.75) is 46.2 Å². The lowest BCUT2D eigenvalue weighted by Crippen LogP contribution is -2.83.